The first kappa shape index (κ1) is 39.6. The van der Waals surface area contributed by atoms with Crippen LogP contribution in [0.4, 0.5) is 0 Å². The van der Waals surface area contributed by atoms with Gasteiger partial charge in [0.1, 0.15) is 24.2 Å². The third-order valence-electron chi connectivity index (χ3n) is 6.46. The second-order valence-electron chi connectivity index (χ2n) is 11.4. The number of thiol groups is 1. The number of rotatable bonds is 20. The highest BCUT2D eigenvalue weighted by Crippen LogP contribution is 2.13. The highest BCUT2D eigenvalue weighted by atomic mass is 32.1. The average Bonchev–Trinajstić information content (AvgIpc) is 2.91. The fourth-order valence-corrected chi connectivity index (χ4v) is 4.10. The minimum absolute atomic E-state index is 0.00527. The van der Waals surface area contributed by atoms with E-state index in [4.69, 9.17) is 11.5 Å². The van der Waals surface area contributed by atoms with E-state index in [9.17, 15) is 38.7 Å². The zero-order valence-electron chi connectivity index (χ0n) is 25.8. The number of nitrogens with one attached hydrogen (secondary N) is 5. The molecule has 0 aliphatic carbocycles. The Hall–Kier alpha value is -3.40. The van der Waals surface area contributed by atoms with Gasteiger partial charge >= 0.3 is 5.97 Å². The molecule has 10 N–H and O–H groups in total. The van der Waals surface area contributed by atoms with Crippen LogP contribution in [0.2, 0.25) is 0 Å². The smallest absolute Gasteiger partial charge is 0.305 e. The Bertz CT molecular complexity index is 994. The number of amides is 6. The lowest BCUT2D eigenvalue weighted by Gasteiger charge is -2.29. The van der Waals surface area contributed by atoms with Gasteiger partial charge < -0.3 is 43.2 Å². The van der Waals surface area contributed by atoms with Crippen molar-refractivity contribution in [3.63, 3.8) is 0 Å². The summed E-state index contributed by atoms with van der Waals surface area (Å²) >= 11 is 3.93. The summed E-state index contributed by atoms with van der Waals surface area (Å²) in [6.45, 7) is 10.4. The van der Waals surface area contributed by atoms with Crippen LogP contribution in [0.5, 0.6) is 0 Å². The molecule has 0 aromatic heterocycles. The molecular formula is C27H49N7O8S. The van der Waals surface area contributed by atoms with Gasteiger partial charge in [0.05, 0.1) is 19.0 Å². The van der Waals surface area contributed by atoms with Crippen molar-refractivity contribution in [1.82, 2.24) is 26.6 Å². The summed E-state index contributed by atoms with van der Waals surface area (Å²) in [6.07, 6.45) is 0.0999. The first-order chi connectivity index (χ1) is 19.9. The van der Waals surface area contributed by atoms with E-state index in [1.165, 1.54) is 0 Å². The molecule has 0 rings (SSSR count). The summed E-state index contributed by atoms with van der Waals surface area (Å²) in [4.78, 5) is 87.4. The summed E-state index contributed by atoms with van der Waals surface area (Å²) < 4.78 is 0. The van der Waals surface area contributed by atoms with E-state index >= 15 is 0 Å². The molecule has 0 saturated carbocycles. The maximum Gasteiger partial charge on any atom is 0.305 e. The van der Waals surface area contributed by atoms with Gasteiger partial charge in [-0.05, 0) is 30.6 Å². The van der Waals surface area contributed by atoms with Gasteiger partial charge in [-0.3, -0.25) is 33.6 Å². The summed E-state index contributed by atoms with van der Waals surface area (Å²) in [6, 6.07) is -5.92. The number of carboxylic acid groups (broad SMARTS) is 1. The maximum atomic E-state index is 13.5. The molecule has 16 heteroatoms. The van der Waals surface area contributed by atoms with Crippen LogP contribution in [-0.4, -0.2) is 89.0 Å². The maximum absolute atomic E-state index is 13.5. The van der Waals surface area contributed by atoms with Gasteiger partial charge in [-0.25, -0.2) is 0 Å². The van der Waals surface area contributed by atoms with Gasteiger partial charge in [-0.15, -0.1) is 0 Å². The van der Waals surface area contributed by atoms with E-state index in [0.29, 0.717) is 6.42 Å². The molecule has 0 spiro atoms. The van der Waals surface area contributed by atoms with Crippen molar-refractivity contribution in [2.24, 2.45) is 29.2 Å². The molecular weight excluding hydrogens is 582 g/mol. The number of carbonyl (C=O) groups is 7. The van der Waals surface area contributed by atoms with Gasteiger partial charge in [0.25, 0.3) is 0 Å². The Kier molecular flexibility index (Phi) is 18.2. The summed E-state index contributed by atoms with van der Waals surface area (Å²) in [5, 5.41) is 21.8. The lowest BCUT2D eigenvalue weighted by Crippen LogP contribution is -2.60. The molecule has 0 heterocycles. The Labute approximate surface area is 258 Å². The van der Waals surface area contributed by atoms with Crippen molar-refractivity contribution in [1.29, 1.82) is 0 Å². The van der Waals surface area contributed by atoms with Gasteiger partial charge in [-0.2, -0.15) is 12.6 Å². The first-order valence-electron chi connectivity index (χ1n) is 14.3. The van der Waals surface area contributed by atoms with Crippen LogP contribution >= 0.6 is 12.6 Å². The van der Waals surface area contributed by atoms with Crippen LogP contribution in [0.15, 0.2) is 0 Å². The molecule has 0 radical (unpaired) electrons. The standard InChI is InChI=1S/C27H49N7O8S/c1-7-15(6)22(34-26(41)19(10-21(36)37)31-23(38)16(28)12-43)27(42)33-18(9-14(4)5)25(40)32-17(8-13(2)3)24(39)30-11-20(29)35/h13-19,22,43H,7-12,28H2,1-6H3,(H2,29,35)(H,30,39)(H,31,38)(H,32,40)(H,33,42)(H,34,41)(H,36,37)/t15-,16-,17-,18-,19-,22-/m0/s1. The van der Waals surface area contributed by atoms with Crippen molar-refractivity contribution in [3.8, 4) is 0 Å². The van der Waals surface area contributed by atoms with Crippen LogP contribution < -0.4 is 38.1 Å². The number of hydrogen-bond donors (Lipinski definition) is 9. The van der Waals surface area contributed by atoms with Crippen molar-refractivity contribution < 1.29 is 38.7 Å². The second kappa shape index (κ2) is 19.7. The largest absolute Gasteiger partial charge is 0.481 e. The Morgan fingerprint density at radius 1 is 0.721 bits per heavy atom. The van der Waals surface area contributed by atoms with Crippen molar-refractivity contribution >= 4 is 54.0 Å². The summed E-state index contributed by atoms with van der Waals surface area (Å²) in [5.41, 5.74) is 10.7. The number of carboxylic acids is 1. The van der Waals surface area contributed by atoms with Crippen LogP contribution in [-0.2, 0) is 33.6 Å². The second-order valence-corrected chi connectivity index (χ2v) is 11.8. The van der Waals surface area contributed by atoms with Gasteiger partial charge in [-0.1, -0.05) is 48.0 Å². The monoisotopic (exact) mass is 631 g/mol. The molecule has 0 bridgehead atoms. The molecule has 0 aliphatic rings. The third kappa shape index (κ3) is 15.6. The Balaban J connectivity index is 6.00. The highest BCUT2D eigenvalue weighted by Gasteiger charge is 2.34. The molecule has 0 aromatic rings. The van der Waals surface area contributed by atoms with E-state index in [-0.39, 0.29) is 30.4 Å². The SMILES string of the molecule is CC[C@H](C)[C@H](NC(=O)[C@H](CC(=O)O)NC(=O)[C@@H](N)CS)C(=O)N[C@@H](CC(C)C)C(=O)N[C@@H](CC(C)C)C(=O)NCC(N)=O. The van der Waals surface area contributed by atoms with Crippen LogP contribution in [0, 0.1) is 17.8 Å². The minimum Gasteiger partial charge on any atom is -0.481 e. The van der Waals surface area contributed by atoms with E-state index in [0.717, 1.165) is 0 Å². The minimum atomic E-state index is -1.53. The molecule has 0 aromatic carbocycles. The first-order valence-corrected chi connectivity index (χ1v) is 14.9. The Morgan fingerprint density at radius 3 is 1.63 bits per heavy atom. The van der Waals surface area contributed by atoms with E-state index in [2.05, 4.69) is 39.2 Å². The quantitative estimate of drug-likeness (QED) is 0.0700. The van der Waals surface area contributed by atoms with Crippen LogP contribution in [0.25, 0.3) is 0 Å². The van der Waals surface area contributed by atoms with Crippen LogP contribution in [0.3, 0.4) is 0 Å². The zero-order valence-corrected chi connectivity index (χ0v) is 26.7. The molecule has 6 atom stereocenters. The third-order valence-corrected chi connectivity index (χ3v) is 6.85. The van der Waals surface area contributed by atoms with E-state index < -0.39 is 90.5 Å². The molecule has 6 amide bonds. The fraction of sp³-hybridized carbons (Fsp3) is 0.741. The van der Waals surface area contributed by atoms with Crippen LogP contribution in [0.1, 0.15) is 67.2 Å². The molecule has 0 fully saturated rings. The lowest BCUT2D eigenvalue weighted by atomic mass is 9.96. The Morgan fingerprint density at radius 2 is 1.19 bits per heavy atom. The summed E-state index contributed by atoms with van der Waals surface area (Å²) in [5.74, 6) is -6.36. The molecule has 0 saturated heterocycles. The normalized spacial score (nSPS) is 15.3. The molecule has 246 valence electrons. The zero-order chi connectivity index (χ0) is 33.4. The number of aliphatic carboxylic acids is 1. The van der Waals surface area contributed by atoms with E-state index in [1.54, 1.807) is 13.8 Å². The van der Waals surface area contributed by atoms with Gasteiger partial charge in [0, 0.05) is 5.75 Å². The predicted octanol–water partition coefficient (Wildman–Crippen LogP) is -1.60. The number of nitrogens with two attached hydrogens (primary N) is 2. The number of primary amides is 1. The van der Waals surface area contributed by atoms with Crippen molar-refractivity contribution in [2.45, 2.75) is 97.4 Å². The van der Waals surface area contributed by atoms with Crippen molar-refractivity contribution in [2.75, 3.05) is 12.3 Å². The van der Waals surface area contributed by atoms with E-state index in [1.807, 2.05) is 27.7 Å². The number of hydrogen-bond acceptors (Lipinski definition) is 9. The fourth-order valence-electron chi connectivity index (χ4n) is 3.94. The van der Waals surface area contributed by atoms with Crippen molar-refractivity contribution in [3.05, 3.63) is 0 Å². The molecule has 0 unspecified atom stereocenters. The molecule has 15 nitrogen and oxygen atoms in total. The van der Waals surface area contributed by atoms with Gasteiger partial charge in [0.15, 0.2) is 0 Å². The van der Waals surface area contributed by atoms with Gasteiger partial charge in [0.2, 0.25) is 35.4 Å². The lowest BCUT2D eigenvalue weighted by molar-refractivity contribution is -0.141. The number of carbonyl (C=O) groups excluding carboxylic acids is 6. The predicted molar refractivity (Wildman–Crippen MR) is 162 cm³/mol. The average molecular weight is 632 g/mol. The molecule has 43 heavy (non-hydrogen) atoms. The topological polar surface area (TPSA) is 252 Å². The summed E-state index contributed by atoms with van der Waals surface area (Å²) in [7, 11) is 0. The molecule has 0 aliphatic heterocycles. The highest BCUT2D eigenvalue weighted by molar-refractivity contribution is 7.80.